The molecule has 1 heterocycles. The number of hydrogen-bond donors (Lipinski definition) is 1. The van der Waals surface area contributed by atoms with Gasteiger partial charge < -0.3 is 5.32 Å². The fourth-order valence-corrected chi connectivity index (χ4v) is 4.31. The summed E-state index contributed by atoms with van der Waals surface area (Å²) in [7, 11) is 2.31. The third kappa shape index (κ3) is 5.39. The molecule has 0 atom stereocenters. The van der Waals surface area contributed by atoms with E-state index < -0.39 is 0 Å². The van der Waals surface area contributed by atoms with Gasteiger partial charge in [0.2, 0.25) is 0 Å². The van der Waals surface area contributed by atoms with Crippen LogP contribution in [0.2, 0.25) is 0 Å². The van der Waals surface area contributed by atoms with Crippen molar-refractivity contribution in [1.29, 1.82) is 0 Å². The maximum Gasteiger partial charge on any atom is 0.0327 e. The summed E-state index contributed by atoms with van der Waals surface area (Å²) in [6.07, 6.45) is 7.01. The van der Waals surface area contributed by atoms with E-state index in [0.29, 0.717) is 6.04 Å². The molecule has 0 spiro atoms. The standard InChI is InChI=1S/C18H32N2S/c1-5-15-6-8-16(9-7-15)20(4)13-18-11-10-17(21-18)12-19-14(2)3/h10-11,14-16,19H,5-9,12-13H2,1-4H3. The molecule has 1 saturated carbocycles. The van der Waals surface area contributed by atoms with Crippen molar-refractivity contribution < 1.29 is 0 Å². The zero-order valence-electron chi connectivity index (χ0n) is 14.2. The highest BCUT2D eigenvalue weighted by Gasteiger charge is 2.23. The molecule has 0 saturated heterocycles. The maximum atomic E-state index is 3.50. The molecule has 0 aliphatic heterocycles. The van der Waals surface area contributed by atoms with Gasteiger partial charge in [-0.2, -0.15) is 0 Å². The molecule has 1 N–H and O–H groups in total. The smallest absolute Gasteiger partial charge is 0.0327 e. The van der Waals surface area contributed by atoms with Crippen LogP contribution in [-0.4, -0.2) is 24.0 Å². The second-order valence-corrected chi connectivity index (χ2v) is 8.15. The summed E-state index contributed by atoms with van der Waals surface area (Å²) < 4.78 is 0. The van der Waals surface area contributed by atoms with Crippen molar-refractivity contribution in [3.05, 3.63) is 21.9 Å². The Bertz CT molecular complexity index is 405. The van der Waals surface area contributed by atoms with E-state index in [0.717, 1.165) is 25.0 Å². The van der Waals surface area contributed by atoms with Crippen molar-refractivity contribution in [1.82, 2.24) is 10.2 Å². The first-order chi connectivity index (χ1) is 10.1. The topological polar surface area (TPSA) is 15.3 Å². The number of thiophene rings is 1. The first-order valence-corrected chi connectivity index (χ1v) is 9.41. The summed E-state index contributed by atoms with van der Waals surface area (Å²) in [6, 6.07) is 5.96. The minimum atomic E-state index is 0.562. The Morgan fingerprint density at radius 3 is 2.48 bits per heavy atom. The Hall–Kier alpha value is -0.380. The average molecular weight is 309 g/mol. The van der Waals surface area contributed by atoms with Gasteiger partial charge in [-0.15, -0.1) is 11.3 Å². The second kappa shape index (κ2) is 8.30. The quantitative estimate of drug-likeness (QED) is 0.789. The Balaban J connectivity index is 1.78. The molecule has 0 unspecified atom stereocenters. The van der Waals surface area contributed by atoms with Crippen LogP contribution in [-0.2, 0) is 13.1 Å². The molecule has 21 heavy (non-hydrogen) atoms. The van der Waals surface area contributed by atoms with Gasteiger partial charge >= 0.3 is 0 Å². The van der Waals surface area contributed by atoms with Crippen LogP contribution < -0.4 is 5.32 Å². The molecule has 0 bridgehead atoms. The van der Waals surface area contributed by atoms with Gasteiger partial charge in [-0.3, -0.25) is 4.90 Å². The molecular weight excluding hydrogens is 276 g/mol. The Morgan fingerprint density at radius 2 is 1.86 bits per heavy atom. The molecule has 1 aliphatic carbocycles. The van der Waals surface area contributed by atoms with E-state index in [4.69, 9.17) is 0 Å². The zero-order valence-corrected chi connectivity index (χ0v) is 15.0. The third-order valence-corrected chi connectivity index (χ3v) is 5.89. The first-order valence-electron chi connectivity index (χ1n) is 8.59. The molecule has 1 aliphatic rings. The highest BCUT2D eigenvalue weighted by molar-refractivity contribution is 7.11. The first kappa shape index (κ1) is 17.0. The Labute approximate surface area is 134 Å². The van der Waals surface area contributed by atoms with Gasteiger partial charge in [0.1, 0.15) is 0 Å². The summed E-state index contributed by atoms with van der Waals surface area (Å²) in [4.78, 5) is 5.55. The lowest BCUT2D eigenvalue weighted by Gasteiger charge is -2.34. The maximum absolute atomic E-state index is 3.50. The molecule has 0 aromatic carbocycles. The summed E-state index contributed by atoms with van der Waals surface area (Å²) >= 11 is 1.97. The average Bonchev–Trinajstić information content (AvgIpc) is 2.92. The monoisotopic (exact) mass is 308 g/mol. The molecule has 1 aromatic heterocycles. The van der Waals surface area contributed by atoms with Crippen molar-refractivity contribution in [2.75, 3.05) is 7.05 Å². The lowest BCUT2D eigenvalue weighted by molar-refractivity contribution is 0.158. The van der Waals surface area contributed by atoms with E-state index in [1.165, 1.54) is 41.9 Å². The highest BCUT2D eigenvalue weighted by atomic mass is 32.1. The summed E-state index contributed by atoms with van der Waals surface area (Å²) in [5.41, 5.74) is 0. The van der Waals surface area contributed by atoms with Crippen LogP contribution in [0.4, 0.5) is 0 Å². The van der Waals surface area contributed by atoms with Gasteiger partial charge in [-0.1, -0.05) is 27.2 Å². The predicted octanol–water partition coefficient (Wildman–Crippen LogP) is 4.65. The van der Waals surface area contributed by atoms with Crippen molar-refractivity contribution in [2.45, 2.75) is 78.0 Å². The molecule has 1 aromatic rings. The third-order valence-electron chi connectivity index (χ3n) is 4.82. The molecule has 120 valence electrons. The molecule has 2 rings (SSSR count). The van der Waals surface area contributed by atoms with Gasteiger partial charge in [-0.25, -0.2) is 0 Å². The lowest BCUT2D eigenvalue weighted by atomic mass is 9.84. The second-order valence-electron chi connectivity index (χ2n) is 6.90. The number of nitrogens with one attached hydrogen (secondary N) is 1. The molecule has 0 amide bonds. The SMILES string of the molecule is CCC1CCC(N(C)Cc2ccc(CNC(C)C)s2)CC1. The van der Waals surface area contributed by atoms with Gasteiger partial charge in [-0.05, 0) is 50.8 Å². The van der Waals surface area contributed by atoms with Crippen LogP contribution in [0.5, 0.6) is 0 Å². The van der Waals surface area contributed by atoms with E-state index >= 15 is 0 Å². The number of hydrogen-bond acceptors (Lipinski definition) is 3. The minimum absolute atomic E-state index is 0.562. The molecule has 2 nitrogen and oxygen atoms in total. The Morgan fingerprint density at radius 1 is 1.19 bits per heavy atom. The van der Waals surface area contributed by atoms with Gasteiger partial charge in [0.15, 0.2) is 0 Å². The molecular formula is C18H32N2S. The van der Waals surface area contributed by atoms with E-state index in [9.17, 15) is 0 Å². The van der Waals surface area contributed by atoms with Crippen molar-refractivity contribution in [2.24, 2.45) is 5.92 Å². The van der Waals surface area contributed by atoms with Crippen LogP contribution in [0.1, 0.15) is 62.6 Å². The normalized spacial score (nSPS) is 23.1. The predicted molar refractivity (Wildman–Crippen MR) is 93.8 cm³/mol. The summed E-state index contributed by atoms with van der Waals surface area (Å²) in [5, 5.41) is 3.50. The number of nitrogens with zero attached hydrogens (tertiary/aromatic N) is 1. The van der Waals surface area contributed by atoms with Crippen molar-refractivity contribution in [3.8, 4) is 0 Å². The highest BCUT2D eigenvalue weighted by Crippen LogP contribution is 2.30. The van der Waals surface area contributed by atoms with Gasteiger partial charge in [0.05, 0.1) is 0 Å². The van der Waals surface area contributed by atoms with E-state index in [2.05, 4.69) is 50.2 Å². The van der Waals surface area contributed by atoms with E-state index in [1.54, 1.807) is 0 Å². The van der Waals surface area contributed by atoms with Crippen LogP contribution in [0, 0.1) is 5.92 Å². The van der Waals surface area contributed by atoms with E-state index in [1.807, 2.05) is 11.3 Å². The zero-order chi connectivity index (χ0) is 15.2. The molecule has 0 radical (unpaired) electrons. The van der Waals surface area contributed by atoms with Crippen LogP contribution in [0.3, 0.4) is 0 Å². The van der Waals surface area contributed by atoms with Crippen molar-refractivity contribution in [3.63, 3.8) is 0 Å². The van der Waals surface area contributed by atoms with E-state index in [-0.39, 0.29) is 0 Å². The van der Waals surface area contributed by atoms with Gasteiger partial charge in [0.25, 0.3) is 0 Å². The Kier molecular flexibility index (Phi) is 6.72. The lowest BCUT2D eigenvalue weighted by Crippen LogP contribution is -2.34. The molecule has 1 fully saturated rings. The van der Waals surface area contributed by atoms with Crippen LogP contribution in [0.15, 0.2) is 12.1 Å². The van der Waals surface area contributed by atoms with Crippen molar-refractivity contribution >= 4 is 11.3 Å². The summed E-state index contributed by atoms with van der Waals surface area (Å²) in [6.45, 7) is 8.87. The fourth-order valence-electron chi connectivity index (χ4n) is 3.28. The largest absolute Gasteiger partial charge is 0.310 e. The summed E-state index contributed by atoms with van der Waals surface area (Å²) in [5.74, 6) is 0.991. The van der Waals surface area contributed by atoms with Crippen LogP contribution in [0.25, 0.3) is 0 Å². The number of rotatable bonds is 7. The fraction of sp³-hybridized carbons (Fsp3) is 0.778. The minimum Gasteiger partial charge on any atom is -0.310 e. The van der Waals surface area contributed by atoms with Gasteiger partial charge in [0, 0.05) is 34.9 Å². The molecule has 3 heteroatoms. The van der Waals surface area contributed by atoms with Crippen LogP contribution >= 0.6 is 11.3 Å².